The van der Waals surface area contributed by atoms with E-state index in [1.54, 1.807) is 11.3 Å². The number of hydrogen-bond donors (Lipinski definition) is 0. The minimum absolute atomic E-state index is 0.663. The van der Waals surface area contributed by atoms with Crippen LogP contribution in [-0.4, -0.2) is 32.9 Å². The zero-order valence-corrected chi connectivity index (χ0v) is 11.3. The Morgan fingerprint density at radius 3 is 2.88 bits per heavy atom. The van der Waals surface area contributed by atoms with Gasteiger partial charge in [-0.25, -0.2) is 0 Å². The van der Waals surface area contributed by atoms with Gasteiger partial charge in [0.05, 0.1) is 25.4 Å². The molecular formula is C13H19NO2S. The van der Waals surface area contributed by atoms with E-state index in [1.807, 2.05) is 6.92 Å². The Balaban J connectivity index is 2.22. The van der Waals surface area contributed by atoms with Crippen molar-refractivity contribution in [1.29, 1.82) is 0 Å². The number of rotatable bonds is 4. The van der Waals surface area contributed by atoms with Gasteiger partial charge in [0, 0.05) is 18.0 Å². The molecule has 0 aromatic carbocycles. The molecule has 1 aliphatic rings. The summed E-state index contributed by atoms with van der Waals surface area (Å²) in [5.41, 5.74) is 1.14. The smallest absolute Gasteiger partial charge is 0.122 e. The highest BCUT2D eigenvalue weighted by atomic mass is 32.1. The number of morpholine rings is 1. The number of thiophene rings is 1. The van der Waals surface area contributed by atoms with Gasteiger partial charge in [0.25, 0.3) is 0 Å². The molecule has 94 valence electrons. The minimum atomic E-state index is 0.663. The van der Waals surface area contributed by atoms with Gasteiger partial charge in [0.2, 0.25) is 0 Å². The Bertz CT molecular complexity index is 394. The summed E-state index contributed by atoms with van der Waals surface area (Å²) >= 11 is 1.80. The van der Waals surface area contributed by atoms with Crippen LogP contribution < -0.4 is 4.90 Å². The Kier molecular flexibility index (Phi) is 4.07. The quantitative estimate of drug-likeness (QED) is 0.770. The van der Waals surface area contributed by atoms with Crippen LogP contribution in [0.3, 0.4) is 0 Å². The van der Waals surface area contributed by atoms with Crippen LogP contribution >= 0.6 is 11.3 Å². The van der Waals surface area contributed by atoms with Crippen LogP contribution in [0.2, 0.25) is 0 Å². The van der Waals surface area contributed by atoms with Crippen molar-refractivity contribution in [2.24, 2.45) is 0 Å². The highest BCUT2D eigenvalue weighted by Crippen LogP contribution is 2.36. The molecule has 3 nitrogen and oxygen atoms in total. The van der Waals surface area contributed by atoms with Gasteiger partial charge in [0.1, 0.15) is 10.8 Å². The minimum Gasteiger partial charge on any atom is -0.494 e. The summed E-state index contributed by atoms with van der Waals surface area (Å²) in [6.45, 7) is 12.3. The molecule has 17 heavy (non-hydrogen) atoms. The number of ether oxygens (including phenoxy) is 2. The first-order valence-corrected chi connectivity index (χ1v) is 6.79. The monoisotopic (exact) mass is 253 g/mol. The molecule has 0 unspecified atom stereocenters. The van der Waals surface area contributed by atoms with Crippen LogP contribution in [0.25, 0.3) is 5.76 Å². The van der Waals surface area contributed by atoms with E-state index in [-0.39, 0.29) is 0 Å². The molecule has 1 fully saturated rings. The van der Waals surface area contributed by atoms with E-state index in [9.17, 15) is 0 Å². The summed E-state index contributed by atoms with van der Waals surface area (Å²) in [6.07, 6.45) is 0. The van der Waals surface area contributed by atoms with E-state index < -0.39 is 0 Å². The van der Waals surface area contributed by atoms with E-state index >= 15 is 0 Å². The molecule has 1 saturated heterocycles. The number of aryl methyl sites for hydroxylation is 1. The second-order valence-electron chi connectivity index (χ2n) is 4.03. The Morgan fingerprint density at radius 1 is 1.53 bits per heavy atom. The number of nitrogens with zero attached hydrogens (tertiary/aromatic N) is 1. The average molecular weight is 253 g/mol. The lowest BCUT2D eigenvalue weighted by atomic mass is 10.2. The molecule has 0 spiro atoms. The van der Waals surface area contributed by atoms with E-state index in [2.05, 4.69) is 24.5 Å². The lowest BCUT2D eigenvalue weighted by Gasteiger charge is -2.28. The molecular weight excluding hydrogens is 234 g/mol. The van der Waals surface area contributed by atoms with Crippen LogP contribution in [0.4, 0.5) is 5.00 Å². The lowest BCUT2D eigenvalue weighted by molar-refractivity contribution is 0.123. The molecule has 1 aromatic heterocycles. The first kappa shape index (κ1) is 12.5. The van der Waals surface area contributed by atoms with Crippen molar-refractivity contribution in [3.63, 3.8) is 0 Å². The summed E-state index contributed by atoms with van der Waals surface area (Å²) in [6, 6.07) is 2.16. The van der Waals surface area contributed by atoms with Crippen molar-refractivity contribution in [2.45, 2.75) is 13.8 Å². The molecule has 0 radical (unpaired) electrons. The second-order valence-corrected chi connectivity index (χ2v) is 5.27. The first-order chi connectivity index (χ1) is 8.22. The third-order valence-electron chi connectivity index (χ3n) is 2.75. The molecule has 0 saturated carbocycles. The maximum Gasteiger partial charge on any atom is 0.122 e. The SMILES string of the molecule is C=C(OCC)c1cc(C)sc1N1CCOCC1. The highest BCUT2D eigenvalue weighted by Gasteiger charge is 2.19. The number of hydrogen-bond acceptors (Lipinski definition) is 4. The van der Waals surface area contributed by atoms with Gasteiger partial charge < -0.3 is 14.4 Å². The third kappa shape index (κ3) is 2.82. The molecule has 1 aliphatic heterocycles. The third-order valence-corrected chi connectivity index (χ3v) is 3.86. The van der Waals surface area contributed by atoms with Gasteiger partial charge in [-0.2, -0.15) is 0 Å². The molecule has 2 rings (SSSR count). The fraction of sp³-hybridized carbons (Fsp3) is 0.538. The van der Waals surface area contributed by atoms with Crippen molar-refractivity contribution in [3.05, 3.63) is 23.1 Å². The Labute approximate surface area is 107 Å². The van der Waals surface area contributed by atoms with Crippen molar-refractivity contribution in [3.8, 4) is 0 Å². The van der Waals surface area contributed by atoms with Crippen molar-refractivity contribution in [1.82, 2.24) is 0 Å². The highest BCUT2D eigenvalue weighted by molar-refractivity contribution is 7.16. The standard InChI is InChI=1S/C13H19NO2S/c1-4-16-11(3)12-9-10(2)17-13(12)14-5-7-15-8-6-14/h9H,3-8H2,1-2H3. The van der Waals surface area contributed by atoms with Gasteiger partial charge in [-0.05, 0) is 19.9 Å². The van der Waals surface area contributed by atoms with Crippen LogP contribution in [0, 0.1) is 6.92 Å². The molecule has 1 aromatic rings. The van der Waals surface area contributed by atoms with Crippen LogP contribution in [-0.2, 0) is 9.47 Å². The summed E-state index contributed by atoms with van der Waals surface area (Å²) in [5.74, 6) is 0.776. The largest absolute Gasteiger partial charge is 0.494 e. The molecule has 4 heteroatoms. The van der Waals surface area contributed by atoms with Gasteiger partial charge in [-0.3, -0.25) is 0 Å². The van der Waals surface area contributed by atoms with Crippen LogP contribution in [0.15, 0.2) is 12.6 Å². The van der Waals surface area contributed by atoms with Crippen molar-refractivity contribution in [2.75, 3.05) is 37.8 Å². The lowest BCUT2D eigenvalue weighted by Crippen LogP contribution is -2.36. The predicted octanol–water partition coefficient (Wildman–Crippen LogP) is 2.90. The van der Waals surface area contributed by atoms with E-state index in [1.165, 1.54) is 9.88 Å². The predicted molar refractivity (Wildman–Crippen MR) is 72.7 cm³/mol. The molecule has 0 atom stereocenters. The van der Waals surface area contributed by atoms with E-state index in [0.29, 0.717) is 6.61 Å². The van der Waals surface area contributed by atoms with Crippen LogP contribution in [0.1, 0.15) is 17.4 Å². The van der Waals surface area contributed by atoms with Crippen LogP contribution in [0.5, 0.6) is 0 Å². The average Bonchev–Trinajstić information content (AvgIpc) is 2.73. The van der Waals surface area contributed by atoms with Gasteiger partial charge >= 0.3 is 0 Å². The first-order valence-electron chi connectivity index (χ1n) is 5.97. The van der Waals surface area contributed by atoms with Gasteiger partial charge in [0.15, 0.2) is 0 Å². The fourth-order valence-electron chi connectivity index (χ4n) is 1.96. The van der Waals surface area contributed by atoms with Crippen molar-refractivity contribution >= 4 is 22.1 Å². The van der Waals surface area contributed by atoms with E-state index in [0.717, 1.165) is 37.6 Å². The summed E-state index contributed by atoms with van der Waals surface area (Å²) < 4.78 is 10.9. The maximum atomic E-state index is 5.53. The zero-order chi connectivity index (χ0) is 12.3. The molecule has 0 bridgehead atoms. The summed E-state index contributed by atoms with van der Waals surface area (Å²) in [5, 5.41) is 1.27. The fourth-order valence-corrected chi connectivity index (χ4v) is 3.03. The Hall–Kier alpha value is -1.00. The molecule has 2 heterocycles. The normalized spacial score (nSPS) is 16.0. The summed E-state index contributed by atoms with van der Waals surface area (Å²) in [4.78, 5) is 3.66. The number of anilines is 1. The Morgan fingerprint density at radius 2 is 2.24 bits per heavy atom. The second kappa shape index (κ2) is 5.56. The van der Waals surface area contributed by atoms with E-state index in [4.69, 9.17) is 9.47 Å². The molecule has 0 amide bonds. The van der Waals surface area contributed by atoms with Crippen molar-refractivity contribution < 1.29 is 9.47 Å². The maximum absolute atomic E-state index is 5.53. The topological polar surface area (TPSA) is 21.7 Å². The molecule has 0 aliphatic carbocycles. The molecule has 0 N–H and O–H groups in total. The summed E-state index contributed by atoms with van der Waals surface area (Å²) in [7, 11) is 0. The van der Waals surface area contributed by atoms with Gasteiger partial charge in [-0.1, -0.05) is 6.58 Å². The van der Waals surface area contributed by atoms with Gasteiger partial charge in [-0.15, -0.1) is 11.3 Å². The zero-order valence-electron chi connectivity index (χ0n) is 10.5.